The molecule has 0 aromatic heterocycles. The molecule has 0 atom stereocenters. The Kier molecular flexibility index (Phi) is 10.2. The van der Waals surface area contributed by atoms with Crippen molar-refractivity contribution >= 4 is 11.9 Å². The molecule has 0 radical (unpaired) electrons. The Labute approximate surface area is 168 Å². The van der Waals surface area contributed by atoms with Crippen molar-refractivity contribution in [3.8, 4) is 5.75 Å². The molecule has 1 aromatic rings. The molecule has 1 N–H and O–H groups in total. The Hall–Kier alpha value is -0.699. The predicted octanol–water partition coefficient (Wildman–Crippen LogP) is 6.30. The van der Waals surface area contributed by atoms with Crippen LogP contribution in [-0.2, 0) is 25.4 Å². The van der Waals surface area contributed by atoms with Crippen LogP contribution in [0.15, 0.2) is 35.5 Å². The van der Waals surface area contributed by atoms with E-state index in [0.29, 0.717) is 5.75 Å². The minimum absolute atomic E-state index is 0.115. The molecule has 1 aliphatic carbocycles. The standard InChI is InChI=1S/C11H16O.C8H13Si.C3H6.Ti/c1-8-5-9(11(2,3)4)7-10(12)6-8;1-9(2,3)8-6-4-5-7-8;1-3-2;/h5-7,12H,1-4H3;4,6H,5H2,1-3H3;1-2H3;/q;-1;;+1. The summed E-state index contributed by atoms with van der Waals surface area (Å²) >= 11 is 2.08. The number of phenolic OH excluding ortho intramolecular Hbond substituents is 1. The second-order valence-electron chi connectivity index (χ2n) is 8.75. The van der Waals surface area contributed by atoms with Gasteiger partial charge in [0, 0.05) is 8.07 Å². The smallest absolute Gasteiger partial charge is 0.116 e. The summed E-state index contributed by atoms with van der Waals surface area (Å²) in [5, 5.41) is 10.8. The third-order valence-corrected chi connectivity index (χ3v) is 5.39. The molecule has 0 fully saturated rings. The van der Waals surface area contributed by atoms with E-state index >= 15 is 0 Å². The summed E-state index contributed by atoms with van der Waals surface area (Å²) in [4.78, 5) is 0. The molecule has 25 heavy (non-hydrogen) atoms. The number of hydrogen-bond donors (Lipinski definition) is 1. The summed E-state index contributed by atoms with van der Waals surface area (Å²) in [6.07, 6.45) is 8.82. The quantitative estimate of drug-likeness (QED) is 0.440. The average molecular weight is 391 g/mol. The molecule has 1 nitrogen and oxygen atoms in total. The minimum atomic E-state index is -1.01. The Balaban J connectivity index is 0.000000391. The van der Waals surface area contributed by atoms with Gasteiger partial charge in [-0.1, -0.05) is 46.5 Å². The van der Waals surface area contributed by atoms with Crippen molar-refractivity contribution in [1.29, 1.82) is 0 Å². The van der Waals surface area contributed by atoms with Crippen molar-refractivity contribution in [3.05, 3.63) is 52.8 Å². The fourth-order valence-corrected chi connectivity index (χ4v) is 3.37. The third kappa shape index (κ3) is 11.5. The normalized spacial score (nSPS) is 13.3. The van der Waals surface area contributed by atoms with Crippen LogP contribution in [0.5, 0.6) is 5.75 Å². The van der Waals surface area contributed by atoms with Crippen molar-refractivity contribution in [2.24, 2.45) is 0 Å². The zero-order chi connectivity index (χ0) is 19.8. The largest absolute Gasteiger partial charge is 0.508 e. The topological polar surface area (TPSA) is 20.2 Å². The molecule has 137 valence electrons. The van der Waals surface area contributed by atoms with Gasteiger partial charge in [0.1, 0.15) is 5.75 Å². The van der Waals surface area contributed by atoms with E-state index in [-0.39, 0.29) is 5.41 Å². The maximum absolute atomic E-state index is 9.36. The third-order valence-electron chi connectivity index (χ3n) is 3.43. The number of aromatic hydroxyl groups is 1. The summed E-state index contributed by atoms with van der Waals surface area (Å²) < 4.78 is 1.42. The molecule has 0 amide bonds. The van der Waals surface area contributed by atoms with Gasteiger partial charge in [-0.2, -0.15) is 6.08 Å². The van der Waals surface area contributed by atoms with Crippen LogP contribution in [0.4, 0.5) is 0 Å². The molecule has 0 spiro atoms. The Morgan fingerprint density at radius 3 is 1.92 bits per heavy atom. The zero-order valence-corrected chi connectivity index (χ0v) is 20.1. The maximum Gasteiger partial charge on any atom is 0.116 e. The summed E-state index contributed by atoms with van der Waals surface area (Å²) in [5.74, 6) is 0.361. The first kappa shape index (κ1) is 24.3. The van der Waals surface area contributed by atoms with E-state index in [1.807, 2.05) is 13.0 Å². The molecule has 1 aromatic carbocycles. The molecule has 0 aliphatic heterocycles. The molecule has 0 saturated carbocycles. The van der Waals surface area contributed by atoms with Crippen molar-refractivity contribution < 1.29 is 25.1 Å². The van der Waals surface area contributed by atoms with Crippen LogP contribution in [0.2, 0.25) is 19.6 Å². The summed E-state index contributed by atoms with van der Waals surface area (Å²) in [7, 11) is -1.01. The molecule has 0 saturated heterocycles. The van der Waals surface area contributed by atoms with E-state index in [1.165, 1.54) is 14.6 Å². The van der Waals surface area contributed by atoms with Gasteiger partial charge in [0.2, 0.25) is 0 Å². The van der Waals surface area contributed by atoms with Crippen molar-refractivity contribution in [1.82, 2.24) is 0 Å². The van der Waals surface area contributed by atoms with Gasteiger partial charge in [-0.15, -0.1) is 6.42 Å². The maximum atomic E-state index is 9.36. The van der Waals surface area contributed by atoms with E-state index in [4.69, 9.17) is 0 Å². The first-order chi connectivity index (χ1) is 11.2. The van der Waals surface area contributed by atoms with Gasteiger partial charge < -0.3 is 5.11 Å². The Morgan fingerprint density at radius 1 is 1.12 bits per heavy atom. The number of benzene rings is 1. The fourth-order valence-electron chi connectivity index (χ4n) is 2.12. The second-order valence-corrected chi connectivity index (χ2v) is 15.4. The van der Waals surface area contributed by atoms with Crippen LogP contribution in [0, 0.1) is 13.0 Å². The number of phenols is 1. The molecule has 0 bridgehead atoms. The van der Waals surface area contributed by atoms with E-state index in [2.05, 4.69) is 98.5 Å². The van der Waals surface area contributed by atoms with Crippen LogP contribution in [0.3, 0.4) is 0 Å². The number of hydrogen-bond acceptors (Lipinski definition) is 1. The monoisotopic (exact) mass is 391 g/mol. The minimum Gasteiger partial charge on any atom is -0.508 e. The van der Waals surface area contributed by atoms with Crippen molar-refractivity contribution in [2.45, 2.75) is 73.0 Å². The molecule has 1 aliphatic rings. The first-order valence-corrected chi connectivity index (χ1v) is 13.1. The van der Waals surface area contributed by atoms with Crippen LogP contribution in [-0.4, -0.2) is 17.0 Å². The predicted molar refractivity (Wildman–Crippen MR) is 112 cm³/mol. The van der Waals surface area contributed by atoms with E-state index in [1.54, 1.807) is 6.07 Å². The molecule has 2 rings (SSSR count). The van der Waals surface area contributed by atoms with Gasteiger partial charge in [-0.3, -0.25) is 6.08 Å². The van der Waals surface area contributed by atoms with E-state index < -0.39 is 8.07 Å². The Bertz CT molecular complexity index is 604. The van der Waals surface area contributed by atoms with E-state index in [0.717, 1.165) is 12.0 Å². The van der Waals surface area contributed by atoms with Crippen LogP contribution in [0.1, 0.15) is 52.2 Å². The van der Waals surface area contributed by atoms with Crippen molar-refractivity contribution in [2.75, 3.05) is 0 Å². The van der Waals surface area contributed by atoms with Gasteiger partial charge in [0.25, 0.3) is 0 Å². The number of aryl methyl sites for hydroxylation is 1. The summed E-state index contributed by atoms with van der Waals surface area (Å²) in [5.41, 5.74) is 2.41. The number of rotatable bonds is 1. The number of allylic oxidation sites excluding steroid dienone is 4. The fraction of sp³-hybridized carbons (Fsp3) is 0.500. The molecular weight excluding hydrogens is 356 g/mol. The Morgan fingerprint density at radius 2 is 1.64 bits per heavy atom. The molecular formula is C22H35OSiTi. The van der Waals surface area contributed by atoms with Gasteiger partial charge >= 0.3 is 37.6 Å². The second kappa shape index (κ2) is 10.4. The molecule has 0 heterocycles. The average Bonchev–Trinajstić information content (AvgIpc) is 2.89. The van der Waals surface area contributed by atoms with E-state index in [9.17, 15) is 5.11 Å². The van der Waals surface area contributed by atoms with Crippen molar-refractivity contribution in [3.63, 3.8) is 0 Å². The van der Waals surface area contributed by atoms with Crippen LogP contribution in [0.25, 0.3) is 0 Å². The van der Waals surface area contributed by atoms with Gasteiger partial charge in [-0.25, -0.2) is 11.3 Å². The summed E-state index contributed by atoms with van der Waals surface area (Å²) in [6, 6.07) is 5.71. The van der Waals surface area contributed by atoms with Crippen LogP contribution >= 0.6 is 0 Å². The zero-order valence-electron chi connectivity index (χ0n) is 17.5. The molecule has 0 unspecified atom stereocenters. The van der Waals surface area contributed by atoms with Crippen LogP contribution < -0.4 is 0 Å². The first-order valence-electron chi connectivity index (χ1n) is 8.84. The van der Waals surface area contributed by atoms with Gasteiger partial charge in [-0.05, 0) is 35.6 Å². The van der Waals surface area contributed by atoms with Gasteiger partial charge in [0.15, 0.2) is 0 Å². The molecule has 3 heteroatoms. The van der Waals surface area contributed by atoms with Gasteiger partial charge in [0.05, 0.1) is 0 Å². The summed E-state index contributed by atoms with van der Waals surface area (Å²) in [6.45, 7) is 19.6. The SMILES string of the molecule is C[C](C)=[Ti+].C[Si](C)(C)C1=[C-]CC=C1.Cc1cc(O)cc(C(C)(C)C)c1.